The summed E-state index contributed by atoms with van der Waals surface area (Å²) < 4.78 is 27.9. The lowest BCUT2D eigenvalue weighted by molar-refractivity contribution is -0.116. The van der Waals surface area contributed by atoms with Gasteiger partial charge in [0.2, 0.25) is 5.91 Å². The Kier molecular flexibility index (Phi) is 4.11. The van der Waals surface area contributed by atoms with Crippen molar-refractivity contribution in [1.82, 2.24) is 4.90 Å². The number of anilines is 1. The summed E-state index contributed by atoms with van der Waals surface area (Å²) in [5.41, 5.74) is 2.26. The predicted molar refractivity (Wildman–Crippen MR) is 92.6 cm³/mol. The summed E-state index contributed by atoms with van der Waals surface area (Å²) in [6.45, 7) is 1.94. The molecule has 0 bridgehead atoms. The second-order valence-electron chi connectivity index (χ2n) is 5.66. The molecule has 0 aromatic heterocycles. The SMILES string of the molecule is Cc1cccc(NC(=O)CN(C)C2=NS(=O)(=O)c3ccccc32)c1. The lowest BCUT2D eigenvalue weighted by Gasteiger charge is -2.18. The van der Waals surface area contributed by atoms with E-state index in [2.05, 4.69) is 9.71 Å². The van der Waals surface area contributed by atoms with Gasteiger partial charge in [0.25, 0.3) is 10.0 Å². The Hall–Kier alpha value is -2.67. The van der Waals surface area contributed by atoms with E-state index < -0.39 is 10.0 Å². The quantitative estimate of drug-likeness (QED) is 0.925. The number of likely N-dealkylation sites (N-methyl/N-ethyl adjacent to an activating group) is 1. The molecule has 7 heteroatoms. The summed E-state index contributed by atoms with van der Waals surface area (Å²) in [6, 6.07) is 14.1. The maximum atomic E-state index is 12.2. The summed E-state index contributed by atoms with van der Waals surface area (Å²) >= 11 is 0. The Morgan fingerprint density at radius 1 is 1.17 bits per heavy atom. The number of fused-ring (bicyclic) bond motifs is 1. The third kappa shape index (κ3) is 3.16. The number of aryl methyl sites for hydroxylation is 1. The fourth-order valence-corrected chi connectivity index (χ4v) is 3.83. The number of amidine groups is 1. The van der Waals surface area contributed by atoms with E-state index in [9.17, 15) is 13.2 Å². The van der Waals surface area contributed by atoms with Crippen LogP contribution in [0.3, 0.4) is 0 Å². The molecule has 0 radical (unpaired) electrons. The van der Waals surface area contributed by atoms with Gasteiger partial charge in [-0.15, -0.1) is 4.40 Å². The highest BCUT2D eigenvalue weighted by molar-refractivity contribution is 7.90. The van der Waals surface area contributed by atoms with Gasteiger partial charge in [-0.1, -0.05) is 24.3 Å². The average molecular weight is 343 g/mol. The Labute approximate surface area is 140 Å². The Bertz CT molecular complexity index is 936. The standard InChI is InChI=1S/C17H17N3O3S/c1-12-6-5-7-13(10-12)18-16(21)11-20(2)17-14-8-3-4-9-15(14)24(22,23)19-17/h3-10H,11H2,1-2H3,(H,18,21). The van der Waals surface area contributed by atoms with E-state index in [0.717, 1.165) is 5.56 Å². The molecule has 1 heterocycles. The number of carbonyl (C=O) groups excluding carboxylic acids is 1. The van der Waals surface area contributed by atoms with E-state index in [1.807, 2.05) is 25.1 Å². The molecule has 6 nitrogen and oxygen atoms in total. The third-order valence-corrected chi connectivity index (χ3v) is 4.98. The topological polar surface area (TPSA) is 78.8 Å². The highest BCUT2D eigenvalue weighted by Crippen LogP contribution is 2.26. The highest BCUT2D eigenvalue weighted by atomic mass is 32.2. The third-order valence-electron chi connectivity index (χ3n) is 3.66. The van der Waals surface area contributed by atoms with Gasteiger partial charge in [-0.3, -0.25) is 4.79 Å². The van der Waals surface area contributed by atoms with Gasteiger partial charge >= 0.3 is 0 Å². The molecule has 2 aromatic carbocycles. The van der Waals surface area contributed by atoms with Gasteiger partial charge in [-0.05, 0) is 36.8 Å². The van der Waals surface area contributed by atoms with Crippen LogP contribution in [0.2, 0.25) is 0 Å². The first-order chi connectivity index (χ1) is 11.4. The highest BCUT2D eigenvalue weighted by Gasteiger charge is 2.30. The summed E-state index contributed by atoms with van der Waals surface area (Å²) in [5.74, 6) is 0.0394. The molecular formula is C17H17N3O3S. The van der Waals surface area contributed by atoms with Crippen molar-refractivity contribution in [3.63, 3.8) is 0 Å². The van der Waals surface area contributed by atoms with Crippen LogP contribution in [0.15, 0.2) is 57.8 Å². The fourth-order valence-electron chi connectivity index (χ4n) is 2.58. The van der Waals surface area contributed by atoms with Crippen LogP contribution >= 0.6 is 0 Å². The molecule has 1 amide bonds. The van der Waals surface area contributed by atoms with Crippen molar-refractivity contribution in [2.24, 2.45) is 4.40 Å². The number of carbonyl (C=O) groups is 1. The monoisotopic (exact) mass is 343 g/mol. The van der Waals surface area contributed by atoms with Crippen molar-refractivity contribution in [2.45, 2.75) is 11.8 Å². The van der Waals surface area contributed by atoms with Gasteiger partial charge < -0.3 is 10.2 Å². The van der Waals surface area contributed by atoms with Crippen LogP contribution in [-0.2, 0) is 14.8 Å². The zero-order chi connectivity index (χ0) is 17.3. The molecule has 1 N–H and O–H groups in total. The van der Waals surface area contributed by atoms with Gasteiger partial charge in [-0.2, -0.15) is 8.42 Å². The van der Waals surface area contributed by atoms with Crippen molar-refractivity contribution >= 4 is 27.5 Å². The molecule has 3 rings (SSSR count). The van der Waals surface area contributed by atoms with Crippen LogP contribution in [-0.4, -0.2) is 38.7 Å². The van der Waals surface area contributed by atoms with Crippen molar-refractivity contribution in [3.8, 4) is 0 Å². The van der Waals surface area contributed by atoms with E-state index in [1.165, 1.54) is 11.0 Å². The minimum absolute atomic E-state index is 0.00334. The molecule has 0 spiro atoms. The fraction of sp³-hybridized carbons (Fsp3) is 0.176. The second kappa shape index (κ2) is 6.09. The van der Waals surface area contributed by atoms with Crippen molar-refractivity contribution < 1.29 is 13.2 Å². The zero-order valence-electron chi connectivity index (χ0n) is 13.4. The van der Waals surface area contributed by atoms with Crippen LogP contribution in [0.4, 0.5) is 5.69 Å². The van der Waals surface area contributed by atoms with Gasteiger partial charge in [0.15, 0.2) is 5.84 Å². The van der Waals surface area contributed by atoms with Crippen LogP contribution in [0, 0.1) is 6.92 Å². The minimum Gasteiger partial charge on any atom is -0.349 e. The first kappa shape index (κ1) is 16.2. The van der Waals surface area contributed by atoms with Crippen LogP contribution < -0.4 is 5.32 Å². The van der Waals surface area contributed by atoms with Crippen molar-refractivity contribution in [3.05, 3.63) is 59.7 Å². The first-order valence-corrected chi connectivity index (χ1v) is 8.83. The minimum atomic E-state index is -3.69. The summed E-state index contributed by atoms with van der Waals surface area (Å²) in [4.78, 5) is 13.9. The number of hydrogen-bond acceptors (Lipinski definition) is 4. The van der Waals surface area contributed by atoms with E-state index in [4.69, 9.17) is 0 Å². The number of nitrogens with one attached hydrogen (secondary N) is 1. The number of benzene rings is 2. The lowest BCUT2D eigenvalue weighted by atomic mass is 10.2. The smallest absolute Gasteiger partial charge is 0.285 e. The average Bonchev–Trinajstić information content (AvgIpc) is 2.79. The molecule has 124 valence electrons. The Balaban J connectivity index is 1.76. The molecule has 24 heavy (non-hydrogen) atoms. The maximum absolute atomic E-state index is 12.2. The van der Waals surface area contributed by atoms with Crippen molar-refractivity contribution in [1.29, 1.82) is 0 Å². The molecule has 0 saturated carbocycles. The molecule has 0 fully saturated rings. The zero-order valence-corrected chi connectivity index (χ0v) is 14.2. The van der Waals surface area contributed by atoms with Crippen LogP contribution in [0.1, 0.15) is 11.1 Å². The molecule has 0 atom stereocenters. The lowest BCUT2D eigenvalue weighted by Crippen LogP contribution is -2.34. The van der Waals surface area contributed by atoms with Gasteiger partial charge in [-0.25, -0.2) is 0 Å². The number of hydrogen-bond donors (Lipinski definition) is 1. The first-order valence-electron chi connectivity index (χ1n) is 7.39. The van der Waals surface area contributed by atoms with E-state index >= 15 is 0 Å². The van der Waals surface area contributed by atoms with E-state index in [0.29, 0.717) is 11.3 Å². The Morgan fingerprint density at radius 2 is 1.92 bits per heavy atom. The number of rotatable bonds is 3. The number of amides is 1. The number of nitrogens with zero attached hydrogens (tertiary/aromatic N) is 2. The molecule has 1 aliphatic heterocycles. The van der Waals surface area contributed by atoms with E-state index in [1.54, 1.807) is 31.3 Å². The van der Waals surface area contributed by atoms with Crippen LogP contribution in [0.25, 0.3) is 0 Å². The van der Waals surface area contributed by atoms with Gasteiger partial charge in [0.1, 0.15) is 4.90 Å². The van der Waals surface area contributed by atoms with Gasteiger partial charge in [0, 0.05) is 18.3 Å². The normalized spacial score (nSPS) is 14.7. The van der Waals surface area contributed by atoms with Crippen molar-refractivity contribution in [2.75, 3.05) is 18.9 Å². The Morgan fingerprint density at radius 3 is 2.67 bits per heavy atom. The maximum Gasteiger partial charge on any atom is 0.285 e. The summed E-state index contributed by atoms with van der Waals surface area (Å²) in [7, 11) is -2.04. The molecule has 0 saturated heterocycles. The molecule has 0 aliphatic carbocycles. The van der Waals surface area contributed by atoms with Crippen LogP contribution in [0.5, 0.6) is 0 Å². The summed E-state index contributed by atoms with van der Waals surface area (Å²) in [5, 5.41) is 2.80. The molecular weight excluding hydrogens is 326 g/mol. The summed E-state index contributed by atoms with van der Waals surface area (Å²) in [6.07, 6.45) is 0. The predicted octanol–water partition coefficient (Wildman–Crippen LogP) is 2.01. The number of sulfonamides is 1. The largest absolute Gasteiger partial charge is 0.349 e. The molecule has 2 aromatic rings. The van der Waals surface area contributed by atoms with Gasteiger partial charge in [0.05, 0.1) is 6.54 Å². The second-order valence-corrected chi connectivity index (χ2v) is 7.23. The van der Waals surface area contributed by atoms with E-state index in [-0.39, 0.29) is 23.2 Å². The molecule has 0 unspecified atom stereocenters. The molecule has 1 aliphatic rings.